The molecule has 7 heteroatoms. The molecule has 1 heterocycles. The van der Waals surface area contributed by atoms with Crippen molar-refractivity contribution in [1.82, 2.24) is 10.2 Å². The number of para-hydroxylation sites is 1. The number of carbonyl (C=O) groups is 2. The summed E-state index contributed by atoms with van der Waals surface area (Å²) < 4.78 is 0. The first-order valence-electron chi connectivity index (χ1n) is 9.09. The number of anilines is 4. The van der Waals surface area contributed by atoms with Gasteiger partial charge >= 0.3 is 0 Å². The van der Waals surface area contributed by atoms with Crippen LogP contribution in [0.1, 0.15) is 17.3 Å². The Morgan fingerprint density at radius 2 is 1.59 bits per heavy atom. The molecule has 3 aromatic carbocycles. The quantitative estimate of drug-likeness (QED) is 0.406. The Kier molecular flexibility index (Phi) is 4.94. The second-order valence-corrected chi connectivity index (χ2v) is 6.48. The normalized spacial score (nSPS) is 10.5. The first-order valence-corrected chi connectivity index (χ1v) is 9.09. The minimum Gasteiger partial charge on any atom is -0.340 e. The molecule has 144 valence electrons. The van der Waals surface area contributed by atoms with E-state index in [1.165, 1.54) is 6.92 Å². The number of aromatic amines is 1. The molecule has 0 fully saturated rings. The highest BCUT2D eigenvalue weighted by Crippen LogP contribution is 2.28. The highest BCUT2D eigenvalue weighted by molar-refractivity contribution is 6.15. The molecule has 4 N–H and O–H groups in total. The molecule has 1 aromatic heterocycles. The predicted molar refractivity (Wildman–Crippen MR) is 115 cm³/mol. The van der Waals surface area contributed by atoms with Crippen LogP contribution < -0.4 is 16.0 Å². The maximum atomic E-state index is 13.2. The lowest BCUT2D eigenvalue weighted by Gasteiger charge is -2.11. The van der Waals surface area contributed by atoms with Gasteiger partial charge in [-0.15, -0.1) is 0 Å². The molecule has 0 atom stereocenters. The molecule has 7 nitrogen and oxygen atoms in total. The molecule has 0 aliphatic rings. The van der Waals surface area contributed by atoms with Gasteiger partial charge in [0.2, 0.25) is 5.91 Å². The number of H-pyrrole nitrogens is 1. The summed E-state index contributed by atoms with van der Waals surface area (Å²) in [6, 6.07) is 22.9. The Bertz CT molecular complexity index is 1180. The molecule has 0 unspecified atom stereocenters. The van der Waals surface area contributed by atoms with Crippen LogP contribution in [0.25, 0.3) is 10.8 Å². The molecule has 29 heavy (non-hydrogen) atoms. The topological polar surface area (TPSA) is 98.9 Å². The number of amides is 2. The fourth-order valence-corrected chi connectivity index (χ4v) is 3.10. The Labute approximate surface area is 167 Å². The van der Waals surface area contributed by atoms with Crippen molar-refractivity contribution < 1.29 is 9.59 Å². The van der Waals surface area contributed by atoms with Crippen molar-refractivity contribution in [2.45, 2.75) is 6.92 Å². The van der Waals surface area contributed by atoms with Gasteiger partial charge in [-0.3, -0.25) is 14.7 Å². The number of aromatic nitrogens is 2. The molecule has 2 amide bonds. The smallest absolute Gasteiger partial charge is 0.263 e. The number of nitrogens with zero attached hydrogens (tertiary/aromatic N) is 1. The average Bonchev–Trinajstić information content (AvgIpc) is 3.10. The molecular weight excluding hydrogens is 366 g/mol. The summed E-state index contributed by atoms with van der Waals surface area (Å²) >= 11 is 0. The first kappa shape index (κ1) is 18.2. The Morgan fingerprint density at radius 1 is 0.862 bits per heavy atom. The summed E-state index contributed by atoms with van der Waals surface area (Å²) in [6.07, 6.45) is 0. The highest BCUT2D eigenvalue weighted by Gasteiger charge is 2.22. The van der Waals surface area contributed by atoms with Crippen LogP contribution in [0.2, 0.25) is 0 Å². The van der Waals surface area contributed by atoms with Gasteiger partial charge in [-0.1, -0.05) is 54.6 Å². The van der Waals surface area contributed by atoms with Crippen LogP contribution in [0.15, 0.2) is 72.8 Å². The fourth-order valence-electron chi connectivity index (χ4n) is 3.10. The second kappa shape index (κ2) is 7.85. The van der Waals surface area contributed by atoms with Crippen LogP contribution in [0.3, 0.4) is 0 Å². The molecular formula is C22H19N5O2. The molecule has 0 aliphatic carbocycles. The van der Waals surface area contributed by atoms with Gasteiger partial charge in [-0.25, -0.2) is 0 Å². The molecule has 0 saturated carbocycles. The van der Waals surface area contributed by atoms with E-state index in [2.05, 4.69) is 26.1 Å². The van der Waals surface area contributed by atoms with Crippen LogP contribution >= 0.6 is 0 Å². The van der Waals surface area contributed by atoms with E-state index >= 15 is 0 Å². The highest BCUT2D eigenvalue weighted by atomic mass is 16.2. The molecule has 0 saturated heterocycles. The monoisotopic (exact) mass is 385 g/mol. The molecule has 4 aromatic rings. The van der Waals surface area contributed by atoms with E-state index in [1.807, 2.05) is 72.8 Å². The summed E-state index contributed by atoms with van der Waals surface area (Å²) in [4.78, 5) is 24.7. The van der Waals surface area contributed by atoms with Crippen molar-refractivity contribution >= 4 is 45.6 Å². The van der Waals surface area contributed by atoms with Gasteiger partial charge in [-0.05, 0) is 23.6 Å². The van der Waals surface area contributed by atoms with Crippen LogP contribution in [0.5, 0.6) is 0 Å². The van der Waals surface area contributed by atoms with Gasteiger partial charge in [0.15, 0.2) is 5.82 Å². The van der Waals surface area contributed by atoms with Gasteiger partial charge in [0.1, 0.15) is 11.4 Å². The SMILES string of the molecule is CC(=O)Nc1n[nH]c(Nc2ccccc2)c1C(=O)Nc1cccc2ccccc12. The number of rotatable bonds is 5. The van der Waals surface area contributed by atoms with E-state index in [4.69, 9.17) is 0 Å². The van der Waals surface area contributed by atoms with E-state index < -0.39 is 5.91 Å². The lowest BCUT2D eigenvalue weighted by atomic mass is 10.1. The minimum atomic E-state index is -0.391. The third kappa shape index (κ3) is 3.93. The lowest BCUT2D eigenvalue weighted by Crippen LogP contribution is -2.17. The Morgan fingerprint density at radius 3 is 2.38 bits per heavy atom. The van der Waals surface area contributed by atoms with Crippen molar-refractivity contribution in [2.75, 3.05) is 16.0 Å². The summed E-state index contributed by atoms with van der Waals surface area (Å²) in [6.45, 7) is 1.37. The number of hydrogen-bond acceptors (Lipinski definition) is 4. The summed E-state index contributed by atoms with van der Waals surface area (Å²) in [5.41, 5.74) is 1.68. The molecule has 0 aliphatic heterocycles. The van der Waals surface area contributed by atoms with Crippen molar-refractivity contribution in [3.8, 4) is 0 Å². The average molecular weight is 385 g/mol. The van der Waals surface area contributed by atoms with Crippen LogP contribution in [0.4, 0.5) is 23.0 Å². The van der Waals surface area contributed by atoms with Gasteiger partial charge in [0.25, 0.3) is 5.91 Å². The Hall–Kier alpha value is -4.13. The van der Waals surface area contributed by atoms with Crippen molar-refractivity contribution in [2.24, 2.45) is 0 Å². The van der Waals surface area contributed by atoms with Crippen LogP contribution in [-0.2, 0) is 4.79 Å². The Balaban J connectivity index is 1.70. The third-order valence-electron chi connectivity index (χ3n) is 4.37. The molecule has 4 rings (SSSR count). The van der Waals surface area contributed by atoms with E-state index in [1.54, 1.807) is 0 Å². The first-order chi connectivity index (χ1) is 14.1. The zero-order chi connectivity index (χ0) is 20.2. The number of benzene rings is 3. The van der Waals surface area contributed by atoms with Gasteiger partial charge in [0, 0.05) is 23.7 Å². The van der Waals surface area contributed by atoms with E-state index in [0.29, 0.717) is 11.5 Å². The van der Waals surface area contributed by atoms with Crippen molar-refractivity contribution in [1.29, 1.82) is 0 Å². The number of hydrogen-bond donors (Lipinski definition) is 4. The molecule has 0 radical (unpaired) electrons. The van der Waals surface area contributed by atoms with Gasteiger partial charge in [0.05, 0.1) is 0 Å². The van der Waals surface area contributed by atoms with E-state index in [-0.39, 0.29) is 17.3 Å². The summed E-state index contributed by atoms with van der Waals surface area (Å²) in [5.74, 6) is -0.161. The molecule has 0 spiro atoms. The number of carbonyl (C=O) groups excluding carboxylic acids is 2. The van der Waals surface area contributed by atoms with Crippen LogP contribution in [0, 0.1) is 0 Å². The maximum Gasteiger partial charge on any atom is 0.263 e. The zero-order valence-corrected chi connectivity index (χ0v) is 15.7. The van der Waals surface area contributed by atoms with E-state index in [9.17, 15) is 9.59 Å². The fraction of sp³-hybridized carbons (Fsp3) is 0.0455. The van der Waals surface area contributed by atoms with Crippen molar-refractivity contribution in [3.05, 3.63) is 78.4 Å². The second-order valence-electron chi connectivity index (χ2n) is 6.48. The molecule has 0 bridgehead atoms. The number of nitrogens with one attached hydrogen (secondary N) is 4. The van der Waals surface area contributed by atoms with Crippen LogP contribution in [-0.4, -0.2) is 22.0 Å². The lowest BCUT2D eigenvalue weighted by molar-refractivity contribution is -0.114. The third-order valence-corrected chi connectivity index (χ3v) is 4.37. The maximum absolute atomic E-state index is 13.2. The predicted octanol–water partition coefficient (Wildman–Crippen LogP) is 4.52. The number of fused-ring (bicyclic) bond motifs is 1. The van der Waals surface area contributed by atoms with Gasteiger partial charge in [-0.2, -0.15) is 5.10 Å². The summed E-state index contributed by atoms with van der Waals surface area (Å²) in [5, 5.41) is 17.5. The van der Waals surface area contributed by atoms with Crippen molar-refractivity contribution in [3.63, 3.8) is 0 Å². The van der Waals surface area contributed by atoms with Gasteiger partial charge < -0.3 is 16.0 Å². The largest absolute Gasteiger partial charge is 0.340 e. The zero-order valence-electron chi connectivity index (χ0n) is 15.7. The van der Waals surface area contributed by atoms with E-state index in [0.717, 1.165) is 16.5 Å². The standard InChI is InChI=1S/C22H19N5O2/c1-14(28)23-20-19(21(27-26-20)24-16-10-3-2-4-11-16)22(29)25-18-13-7-9-15-8-5-6-12-17(15)18/h2-13H,1H3,(H,25,29)(H3,23,24,26,27,28). The summed E-state index contributed by atoms with van der Waals surface area (Å²) in [7, 11) is 0. The minimum absolute atomic E-state index is 0.161.